The summed E-state index contributed by atoms with van der Waals surface area (Å²) in [5.74, 6) is -0.781. The summed E-state index contributed by atoms with van der Waals surface area (Å²) in [5, 5.41) is 11.8. The van der Waals surface area contributed by atoms with Crippen LogP contribution in [0.4, 0.5) is 5.82 Å². The van der Waals surface area contributed by atoms with Gasteiger partial charge in [-0.2, -0.15) is 0 Å². The number of hydrogen-bond acceptors (Lipinski definition) is 4. The van der Waals surface area contributed by atoms with Crippen LogP contribution in [-0.2, 0) is 4.79 Å². The van der Waals surface area contributed by atoms with Gasteiger partial charge in [-0.25, -0.2) is 4.98 Å². The Morgan fingerprint density at radius 2 is 2.05 bits per heavy atom. The maximum atomic E-state index is 12.1. The number of carboxylic acids is 1. The number of aromatic nitrogens is 1. The predicted octanol–water partition coefficient (Wildman–Crippen LogP) is 1.62. The first-order chi connectivity index (χ1) is 9.81. The molecule has 0 saturated heterocycles. The number of carbonyl (C=O) groups excluding carboxylic acids is 1. The zero-order valence-corrected chi connectivity index (χ0v) is 13.0. The van der Waals surface area contributed by atoms with Crippen LogP contribution in [0.5, 0.6) is 0 Å². The second-order valence-electron chi connectivity index (χ2n) is 5.67. The van der Waals surface area contributed by atoms with Crippen LogP contribution >= 0.6 is 0 Å². The van der Waals surface area contributed by atoms with Gasteiger partial charge in [0.05, 0.1) is 5.92 Å². The Labute approximate surface area is 125 Å². The molecule has 1 amide bonds. The second kappa shape index (κ2) is 7.61. The van der Waals surface area contributed by atoms with E-state index in [4.69, 9.17) is 5.11 Å². The van der Waals surface area contributed by atoms with Crippen LogP contribution in [0.1, 0.15) is 30.6 Å². The number of aliphatic carboxylic acids is 1. The van der Waals surface area contributed by atoms with E-state index in [2.05, 4.69) is 10.3 Å². The maximum absolute atomic E-state index is 12.1. The van der Waals surface area contributed by atoms with E-state index in [-0.39, 0.29) is 18.4 Å². The highest BCUT2D eigenvalue weighted by molar-refractivity contribution is 5.95. The monoisotopic (exact) mass is 293 g/mol. The highest BCUT2D eigenvalue weighted by Crippen LogP contribution is 2.12. The van der Waals surface area contributed by atoms with Gasteiger partial charge in [0.25, 0.3) is 5.91 Å². The second-order valence-corrected chi connectivity index (χ2v) is 5.67. The highest BCUT2D eigenvalue weighted by Gasteiger charge is 2.20. The van der Waals surface area contributed by atoms with Gasteiger partial charge in [-0.05, 0) is 24.5 Å². The lowest BCUT2D eigenvalue weighted by Gasteiger charge is -2.16. The number of nitrogens with zero attached hydrogens (tertiary/aromatic N) is 2. The summed E-state index contributed by atoms with van der Waals surface area (Å²) in [7, 11) is 3.68. The fourth-order valence-electron chi connectivity index (χ4n) is 1.96. The van der Waals surface area contributed by atoms with Crippen molar-refractivity contribution in [3.8, 4) is 0 Å². The standard InChI is InChI=1S/C15H23N3O3/c1-10(2)7-12(15(20)21)9-17-14(19)11-5-6-16-13(8-11)18(3)4/h5-6,8,10,12H,7,9H2,1-4H3,(H,17,19)(H,20,21). The Kier molecular flexibility index (Phi) is 6.14. The fourth-order valence-corrected chi connectivity index (χ4v) is 1.96. The topological polar surface area (TPSA) is 82.5 Å². The van der Waals surface area contributed by atoms with Gasteiger partial charge in [0.1, 0.15) is 5.82 Å². The normalized spacial score (nSPS) is 12.0. The molecule has 6 heteroatoms. The number of rotatable bonds is 7. The predicted molar refractivity (Wildman–Crippen MR) is 81.5 cm³/mol. The van der Waals surface area contributed by atoms with Crippen molar-refractivity contribution in [3.63, 3.8) is 0 Å². The summed E-state index contributed by atoms with van der Waals surface area (Å²) in [5.41, 5.74) is 0.474. The van der Waals surface area contributed by atoms with Crippen LogP contribution in [0.3, 0.4) is 0 Å². The van der Waals surface area contributed by atoms with Gasteiger partial charge in [0, 0.05) is 32.4 Å². The minimum Gasteiger partial charge on any atom is -0.481 e. The lowest BCUT2D eigenvalue weighted by atomic mass is 9.97. The largest absolute Gasteiger partial charge is 0.481 e. The van der Waals surface area contributed by atoms with E-state index < -0.39 is 11.9 Å². The third kappa shape index (κ3) is 5.41. The maximum Gasteiger partial charge on any atom is 0.308 e. The SMILES string of the molecule is CC(C)CC(CNC(=O)c1ccnc(N(C)C)c1)C(=O)O. The number of pyridine rings is 1. The lowest BCUT2D eigenvalue weighted by molar-refractivity contribution is -0.142. The molecule has 1 rings (SSSR count). The first kappa shape index (κ1) is 16.9. The molecule has 21 heavy (non-hydrogen) atoms. The molecule has 0 radical (unpaired) electrons. The van der Waals surface area contributed by atoms with Crippen molar-refractivity contribution in [2.75, 3.05) is 25.5 Å². The van der Waals surface area contributed by atoms with Crippen molar-refractivity contribution < 1.29 is 14.7 Å². The van der Waals surface area contributed by atoms with Crippen LogP contribution in [0.15, 0.2) is 18.3 Å². The van der Waals surface area contributed by atoms with Crippen molar-refractivity contribution in [2.24, 2.45) is 11.8 Å². The summed E-state index contributed by atoms with van der Waals surface area (Å²) >= 11 is 0. The van der Waals surface area contributed by atoms with Gasteiger partial charge in [-0.3, -0.25) is 9.59 Å². The molecule has 0 aromatic carbocycles. The number of anilines is 1. The molecule has 1 aromatic rings. The van der Waals surface area contributed by atoms with Crippen LogP contribution in [0.25, 0.3) is 0 Å². The minimum atomic E-state index is -0.882. The molecule has 0 spiro atoms. The van der Waals surface area contributed by atoms with Crippen molar-refractivity contribution in [2.45, 2.75) is 20.3 Å². The summed E-state index contributed by atoms with van der Waals surface area (Å²) in [4.78, 5) is 29.2. The summed E-state index contributed by atoms with van der Waals surface area (Å²) in [6.07, 6.45) is 2.10. The lowest BCUT2D eigenvalue weighted by Crippen LogP contribution is -2.33. The highest BCUT2D eigenvalue weighted by atomic mass is 16.4. The Morgan fingerprint density at radius 3 is 2.57 bits per heavy atom. The molecule has 0 fully saturated rings. The third-order valence-electron chi connectivity index (χ3n) is 3.08. The Morgan fingerprint density at radius 1 is 1.38 bits per heavy atom. The zero-order chi connectivity index (χ0) is 16.0. The van der Waals surface area contributed by atoms with Crippen molar-refractivity contribution in [1.29, 1.82) is 0 Å². The van der Waals surface area contributed by atoms with Gasteiger partial charge in [0.2, 0.25) is 0 Å². The van der Waals surface area contributed by atoms with E-state index in [0.29, 0.717) is 17.8 Å². The molecule has 0 aliphatic rings. The Hall–Kier alpha value is -2.11. The quantitative estimate of drug-likeness (QED) is 0.798. The molecule has 2 N–H and O–H groups in total. The van der Waals surface area contributed by atoms with Crippen LogP contribution in [0, 0.1) is 11.8 Å². The van der Waals surface area contributed by atoms with Gasteiger partial charge in [0.15, 0.2) is 0 Å². The Bertz CT molecular complexity index is 501. The molecular weight excluding hydrogens is 270 g/mol. The molecule has 1 aromatic heterocycles. The molecular formula is C15H23N3O3. The molecule has 1 heterocycles. The van der Waals surface area contributed by atoms with Gasteiger partial charge in [-0.15, -0.1) is 0 Å². The molecule has 1 unspecified atom stereocenters. The average molecular weight is 293 g/mol. The Balaban J connectivity index is 2.68. The van der Waals surface area contributed by atoms with Gasteiger partial charge in [-0.1, -0.05) is 13.8 Å². The van der Waals surface area contributed by atoms with Crippen LogP contribution < -0.4 is 10.2 Å². The third-order valence-corrected chi connectivity index (χ3v) is 3.08. The molecule has 0 aliphatic heterocycles. The molecule has 6 nitrogen and oxygen atoms in total. The summed E-state index contributed by atoms with van der Waals surface area (Å²) in [6, 6.07) is 3.29. The minimum absolute atomic E-state index is 0.131. The number of hydrogen-bond donors (Lipinski definition) is 2. The van der Waals surface area contributed by atoms with Crippen LogP contribution in [0.2, 0.25) is 0 Å². The fraction of sp³-hybridized carbons (Fsp3) is 0.533. The average Bonchev–Trinajstić information content (AvgIpc) is 2.42. The van der Waals surface area contributed by atoms with E-state index >= 15 is 0 Å². The zero-order valence-electron chi connectivity index (χ0n) is 13.0. The molecule has 0 saturated carbocycles. The van der Waals surface area contributed by atoms with Crippen molar-refractivity contribution in [1.82, 2.24) is 10.3 Å². The molecule has 1 atom stereocenters. The molecule has 116 valence electrons. The van der Waals surface area contributed by atoms with Gasteiger partial charge < -0.3 is 15.3 Å². The number of nitrogens with one attached hydrogen (secondary N) is 1. The van der Waals surface area contributed by atoms with E-state index in [9.17, 15) is 9.59 Å². The van der Waals surface area contributed by atoms with E-state index in [1.165, 1.54) is 0 Å². The number of amides is 1. The first-order valence-electron chi connectivity index (χ1n) is 6.95. The summed E-state index contributed by atoms with van der Waals surface area (Å²) in [6.45, 7) is 4.06. The van der Waals surface area contributed by atoms with Crippen molar-refractivity contribution >= 4 is 17.7 Å². The van der Waals surface area contributed by atoms with E-state index in [0.717, 1.165) is 0 Å². The first-order valence-corrected chi connectivity index (χ1v) is 6.95. The molecule has 0 aliphatic carbocycles. The summed E-state index contributed by atoms with van der Waals surface area (Å²) < 4.78 is 0. The van der Waals surface area contributed by atoms with Crippen LogP contribution in [-0.4, -0.2) is 42.6 Å². The van der Waals surface area contributed by atoms with Gasteiger partial charge >= 0.3 is 5.97 Å². The van der Waals surface area contributed by atoms with Crippen molar-refractivity contribution in [3.05, 3.63) is 23.9 Å². The molecule has 0 bridgehead atoms. The van der Waals surface area contributed by atoms with E-state index in [1.807, 2.05) is 27.9 Å². The van der Waals surface area contributed by atoms with E-state index in [1.54, 1.807) is 23.2 Å². The number of carboxylic acid groups (broad SMARTS) is 1. The number of carbonyl (C=O) groups is 2. The smallest absolute Gasteiger partial charge is 0.308 e.